The Morgan fingerprint density at radius 3 is 2.44 bits per heavy atom. The average Bonchev–Trinajstić information content (AvgIpc) is 2.57. The second-order valence-electron chi connectivity index (χ2n) is 6.15. The molecular formula is C19H24ClFN3S+. The molecule has 0 radical (unpaired) electrons. The molecule has 0 aliphatic carbocycles. The van der Waals surface area contributed by atoms with Crippen molar-refractivity contribution in [2.45, 2.75) is 19.4 Å². The van der Waals surface area contributed by atoms with E-state index in [1.54, 1.807) is 12.1 Å². The maximum Gasteiger partial charge on any atom is 0.171 e. The van der Waals surface area contributed by atoms with Crippen molar-refractivity contribution in [3.8, 4) is 0 Å². The molecule has 0 saturated carbocycles. The van der Waals surface area contributed by atoms with Crippen molar-refractivity contribution in [2.24, 2.45) is 0 Å². The van der Waals surface area contributed by atoms with Crippen molar-refractivity contribution in [1.82, 2.24) is 5.32 Å². The minimum absolute atomic E-state index is 0.157. The molecule has 3 N–H and O–H groups in total. The molecule has 1 atom stereocenters. The van der Waals surface area contributed by atoms with Crippen molar-refractivity contribution in [2.75, 3.05) is 26.0 Å². The fourth-order valence-electron chi connectivity index (χ4n) is 2.63. The number of likely N-dealkylation sites (N-methyl/N-ethyl adjacent to an activating group) is 1. The smallest absolute Gasteiger partial charge is 0.171 e. The van der Waals surface area contributed by atoms with E-state index in [1.165, 1.54) is 11.6 Å². The monoisotopic (exact) mass is 380 g/mol. The summed E-state index contributed by atoms with van der Waals surface area (Å²) in [7, 11) is 3.93. The van der Waals surface area contributed by atoms with E-state index in [0.29, 0.717) is 22.2 Å². The highest BCUT2D eigenvalue weighted by molar-refractivity contribution is 7.80. The Morgan fingerprint density at radius 1 is 1.20 bits per heavy atom. The van der Waals surface area contributed by atoms with E-state index in [-0.39, 0.29) is 11.9 Å². The number of rotatable bonds is 6. The Morgan fingerprint density at radius 2 is 1.88 bits per heavy atom. The molecule has 0 aliphatic heterocycles. The summed E-state index contributed by atoms with van der Waals surface area (Å²) in [5.41, 5.74) is 2.70. The van der Waals surface area contributed by atoms with E-state index in [4.69, 9.17) is 23.8 Å². The van der Waals surface area contributed by atoms with Gasteiger partial charge in [-0.15, -0.1) is 0 Å². The summed E-state index contributed by atoms with van der Waals surface area (Å²) in [6.45, 7) is 2.59. The van der Waals surface area contributed by atoms with Gasteiger partial charge in [-0.2, -0.15) is 0 Å². The van der Waals surface area contributed by atoms with Gasteiger partial charge in [-0.1, -0.05) is 36.7 Å². The minimum atomic E-state index is -0.297. The molecular weight excluding hydrogens is 357 g/mol. The van der Waals surface area contributed by atoms with E-state index in [2.05, 4.69) is 29.7 Å². The van der Waals surface area contributed by atoms with Gasteiger partial charge >= 0.3 is 0 Å². The zero-order chi connectivity index (χ0) is 18.4. The summed E-state index contributed by atoms with van der Waals surface area (Å²) in [4.78, 5) is 1.06. The zero-order valence-electron chi connectivity index (χ0n) is 14.7. The van der Waals surface area contributed by atoms with Crippen LogP contribution in [0.5, 0.6) is 0 Å². The van der Waals surface area contributed by atoms with Gasteiger partial charge < -0.3 is 15.5 Å². The Balaban J connectivity index is 2.02. The predicted molar refractivity (Wildman–Crippen MR) is 107 cm³/mol. The van der Waals surface area contributed by atoms with Crippen LogP contribution < -0.4 is 15.5 Å². The first kappa shape index (κ1) is 19.6. The molecule has 2 aromatic rings. The quantitative estimate of drug-likeness (QED) is 0.672. The van der Waals surface area contributed by atoms with E-state index < -0.39 is 0 Å². The van der Waals surface area contributed by atoms with Gasteiger partial charge in [0.05, 0.1) is 31.2 Å². The lowest BCUT2D eigenvalue weighted by Gasteiger charge is -2.24. The largest absolute Gasteiger partial charge is 0.356 e. The van der Waals surface area contributed by atoms with E-state index in [1.807, 2.05) is 26.2 Å². The number of halogens is 2. The third-order valence-corrected chi connectivity index (χ3v) is 4.71. The topological polar surface area (TPSA) is 28.5 Å². The normalized spacial score (nSPS) is 12.1. The van der Waals surface area contributed by atoms with Crippen LogP contribution in [0.3, 0.4) is 0 Å². The third kappa shape index (κ3) is 5.39. The van der Waals surface area contributed by atoms with Crippen molar-refractivity contribution in [3.63, 3.8) is 0 Å². The first-order valence-corrected chi connectivity index (χ1v) is 9.08. The van der Waals surface area contributed by atoms with Crippen molar-refractivity contribution in [1.29, 1.82) is 0 Å². The Bertz CT molecular complexity index is 699. The van der Waals surface area contributed by atoms with Gasteiger partial charge in [-0.25, -0.2) is 4.39 Å². The maximum absolute atomic E-state index is 14.2. The molecule has 134 valence electrons. The molecule has 2 aromatic carbocycles. The van der Waals surface area contributed by atoms with Gasteiger partial charge in [0.25, 0.3) is 0 Å². The lowest BCUT2D eigenvalue weighted by Crippen LogP contribution is -3.07. The Kier molecular flexibility index (Phi) is 7.17. The van der Waals surface area contributed by atoms with Gasteiger partial charge in [-0.05, 0) is 48.5 Å². The second kappa shape index (κ2) is 9.13. The lowest BCUT2D eigenvalue weighted by atomic mass is 10.1. The van der Waals surface area contributed by atoms with E-state index in [9.17, 15) is 4.39 Å². The van der Waals surface area contributed by atoms with Crippen LogP contribution in [-0.4, -0.2) is 25.8 Å². The SMILES string of the molecule is CCc1ccc(NC(=S)NC[C@@H](c2c(F)cccc2Cl)[NH+](C)C)cc1. The number of anilines is 1. The van der Waals surface area contributed by atoms with Crippen LogP contribution in [0.25, 0.3) is 0 Å². The summed E-state index contributed by atoms with van der Waals surface area (Å²) in [6, 6.07) is 12.7. The van der Waals surface area contributed by atoms with Gasteiger partial charge in [-0.3, -0.25) is 0 Å². The van der Waals surface area contributed by atoms with Gasteiger partial charge in [0.15, 0.2) is 5.11 Å². The number of benzene rings is 2. The molecule has 0 fully saturated rings. The fraction of sp³-hybridized carbons (Fsp3) is 0.316. The summed E-state index contributed by atoms with van der Waals surface area (Å²) in [5.74, 6) is -0.297. The third-order valence-electron chi connectivity index (χ3n) is 4.13. The summed E-state index contributed by atoms with van der Waals surface area (Å²) in [5, 5.41) is 7.26. The van der Waals surface area contributed by atoms with E-state index in [0.717, 1.165) is 17.0 Å². The molecule has 0 unspecified atom stereocenters. The standard InChI is InChI=1S/C19H23ClFN3S/c1-4-13-8-10-14(11-9-13)23-19(25)22-12-17(24(2)3)18-15(20)6-5-7-16(18)21/h5-11,17H,4,12H2,1-3H3,(H2,22,23,25)/p+1/t17-/m0/s1. The van der Waals surface area contributed by atoms with Crippen molar-refractivity contribution in [3.05, 3.63) is 64.4 Å². The van der Waals surface area contributed by atoms with Crippen LogP contribution in [-0.2, 0) is 6.42 Å². The highest BCUT2D eigenvalue weighted by Crippen LogP contribution is 2.23. The number of hydrogen-bond acceptors (Lipinski definition) is 1. The van der Waals surface area contributed by atoms with Crippen LogP contribution >= 0.6 is 23.8 Å². The van der Waals surface area contributed by atoms with Gasteiger partial charge in [0.2, 0.25) is 0 Å². The zero-order valence-corrected chi connectivity index (χ0v) is 16.3. The molecule has 2 rings (SSSR count). The molecule has 3 nitrogen and oxygen atoms in total. The molecule has 0 aliphatic rings. The predicted octanol–water partition coefficient (Wildman–Crippen LogP) is 3.21. The molecule has 0 saturated heterocycles. The Labute approximate surface area is 159 Å². The minimum Gasteiger partial charge on any atom is -0.356 e. The molecule has 0 heterocycles. The molecule has 6 heteroatoms. The molecule has 0 bridgehead atoms. The fourth-order valence-corrected chi connectivity index (χ4v) is 3.13. The number of thiocarbonyl (C=S) groups is 1. The van der Waals surface area contributed by atoms with Gasteiger partial charge in [0.1, 0.15) is 11.9 Å². The van der Waals surface area contributed by atoms with Crippen molar-refractivity contribution >= 4 is 34.6 Å². The van der Waals surface area contributed by atoms with Crippen LogP contribution in [0.2, 0.25) is 5.02 Å². The van der Waals surface area contributed by atoms with Crippen LogP contribution in [0.15, 0.2) is 42.5 Å². The highest BCUT2D eigenvalue weighted by atomic mass is 35.5. The number of nitrogens with one attached hydrogen (secondary N) is 3. The second-order valence-corrected chi connectivity index (χ2v) is 6.97. The number of quaternary nitrogens is 1. The molecule has 0 amide bonds. The highest BCUT2D eigenvalue weighted by Gasteiger charge is 2.24. The first-order chi connectivity index (χ1) is 11.9. The molecule has 0 aromatic heterocycles. The summed E-state index contributed by atoms with van der Waals surface area (Å²) in [6.07, 6.45) is 1.000. The van der Waals surface area contributed by atoms with Crippen LogP contribution in [0.4, 0.5) is 10.1 Å². The maximum atomic E-state index is 14.2. The van der Waals surface area contributed by atoms with Crippen LogP contribution in [0, 0.1) is 5.82 Å². The summed E-state index contributed by atoms with van der Waals surface area (Å²) < 4.78 is 14.2. The van der Waals surface area contributed by atoms with E-state index >= 15 is 0 Å². The first-order valence-electron chi connectivity index (χ1n) is 8.30. The molecule has 25 heavy (non-hydrogen) atoms. The van der Waals surface area contributed by atoms with Gasteiger partial charge in [0, 0.05) is 5.69 Å². The lowest BCUT2D eigenvalue weighted by molar-refractivity contribution is -0.890. The number of hydrogen-bond donors (Lipinski definition) is 3. The average molecular weight is 381 g/mol. The Hall–Kier alpha value is -1.69. The summed E-state index contributed by atoms with van der Waals surface area (Å²) >= 11 is 11.6. The van der Waals surface area contributed by atoms with Crippen LogP contribution in [0.1, 0.15) is 24.1 Å². The number of aryl methyl sites for hydroxylation is 1. The molecule has 0 spiro atoms. The van der Waals surface area contributed by atoms with Crippen molar-refractivity contribution < 1.29 is 9.29 Å².